The quantitative estimate of drug-likeness (QED) is 0.810. The maximum atomic E-state index is 14.0. The monoisotopic (exact) mass is 281 g/mol. The predicted octanol–water partition coefficient (Wildman–Crippen LogP) is 4.89. The molecule has 0 amide bonds. The van der Waals surface area contributed by atoms with Crippen LogP contribution in [-0.4, -0.2) is 7.05 Å². The van der Waals surface area contributed by atoms with Crippen molar-refractivity contribution in [3.8, 4) is 0 Å². The highest BCUT2D eigenvalue weighted by Gasteiger charge is 2.19. The van der Waals surface area contributed by atoms with Gasteiger partial charge in [0.05, 0.1) is 0 Å². The van der Waals surface area contributed by atoms with E-state index in [9.17, 15) is 8.78 Å². The molecule has 1 nitrogen and oxygen atoms in total. The first-order chi connectivity index (χ1) is 9.61. The summed E-state index contributed by atoms with van der Waals surface area (Å²) < 4.78 is 27.3. The van der Waals surface area contributed by atoms with Crippen molar-refractivity contribution in [2.45, 2.75) is 57.9 Å². The van der Waals surface area contributed by atoms with Crippen molar-refractivity contribution < 1.29 is 8.78 Å². The summed E-state index contributed by atoms with van der Waals surface area (Å²) in [4.78, 5) is 0. The molecule has 1 aliphatic rings. The van der Waals surface area contributed by atoms with E-state index in [1.165, 1.54) is 32.1 Å². The van der Waals surface area contributed by atoms with Gasteiger partial charge in [0.2, 0.25) is 0 Å². The Bertz CT molecular complexity index is 439. The molecular weight excluding hydrogens is 256 g/mol. The van der Waals surface area contributed by atoms with Gasteiger partial charge in [-0.15, -0.1) is 0 Å². The second-order valence-electron chi connectivity index (χ2n) is 6.05. The fourth-order valence-corrected chi connectivity index (χ4v) is 3.28. The molecule has 1 fully saturated rings. The van der Waals surface area contributed by atoms with Crippen molar-refractivity contribution in [3.63, 3.8) is 0 Å². The summed E-state index contributed by atoms with van der Waals surface area (Å²) in [5.74, 6) is -0.117. The molecule has 112 valence electrons. The molecule has 0 heterocycles. The smallest absolute Gasteiger partial charge is 0.130 e. The minimum atomic E-state index is -0.464. The van der Waals surface area contributed by atoms with Crippen molar-refractivity contribution in [2.75, 3.05) is 7.05 Å². The van der Waals surface area contributed by atoms with E-state index in [0.29, 0.717) is 11.1 Å². The summed E-state index contributed by atoms with van der Waals surface area (Å²) >= 11 is 0. The normalized spacial score (nSPS) is 18.2. The number of hydrogen-bond donors (Lipinski definition) is 1. The minimum absolute atomic E-state index is 0.0174. The van der Waals surface area contributed by atoms with Gasteiger partial charge in [-0.2, -0.15) is 0 Å². The molecule has 2 rings (SSSR count). The molecule has 1 aliphatic carbocycles. The molecule has 1 atom stereocenters. The van der Waals surface area contributed by atoms with Crippen molar-refractivity contribution in [1.29, 1.82) is 0 Å². The van der Waals surface area contributed by atoms with Crippen LogP contribution in [0.4, 0.5) is 8.78 Å². The standard InChI is InChI=1S/C17H25F2N/c1-12-10-14(16(19)11-15(12)18)17(20-2)9-8-13-6-4-3-5-7-13/h10-11,13,17,20H,3-9H2,1-2H3. The third kappa shape index (κ3) is 3.78. The van der Waals surface area contributed by atoms with Gasteiger partial charge in [-0.25, -0.2) is 8.78 Å². The summed E-state index contributed by atoms with van der Waals surface area (Å²) in [6.07, 6.45) is 8.68. The summed E-state index contributed by atoms with van der Waals surface area (Å²) in [5, 5.41) is 3.18. The number of benzene rings is 1. The molecule has 1 saturated carbocycles. The summed E-state index contributed by atoms with van der Waals surface area (Å²) in [5.41, 5.74) is 1.11. The van der Waals surface area contributed by atoms with Crippen molar-refractivity contribution in [2.24, 2.45) is 5.92 Å². The summed E-state index contributed by atoms with van der Waals surface area (Å²) in [6.45, 7) is 1.69. The molecule has 1 aromatic rings. The first-order valence-electron chi connectivity index (χ1n) is 7.74. The van der Waals surface area contributed by atoms with E-state index in [2.05, 4.69) is 5.32 Å². The van der Waals surface area contributed by atoms with E-state index < -0.39 is 11.6 Å². The number of halogens is 2. The summed E-state index contributed by atoms with van der Waals surface area (Å²) in [7, 11) is 1.85. The van der Waals surface area contributed by atoms with Gasteiger partial charge in [0, 0.05) is 17.7 Å². The van der Waals surface area contributed by atoms with Crippen molar-refractivity contribution in [3.05, 3.63) is 34.9 Å². The number of rotatable bonds is 5. The number of nitrogens with one attached hydrogen (secondary N) is 1. The van der Waals surface area contributed by atoms with Crippen molar-refractivity contribution >= 4 is 0 Å². The van der Waals surface area contributed by atoms with Crippen LogP contribution in [0.2, 0.25) is 0 Å². The lowest BCUT2D eigenvalue weighted by molar-refractivity contribution is 0.315. The second kappa shape index (κ2) is 7.16. The lowest BCUT2D eigenvalue weighted by Gasteiger charge is -2.24. The molecule has 20 heavy (non-hydrogen) atoms. The first-order valence-corrected chi connectivity index (χ1v) is 7.74. The van der Waals surface area contributed by atoms with E-state index in [1.54, 1.807) is 13.0 Å². The summed E-state index contributed by atoms with van der Waals surface area (Å²) in [6, 6.07) is 2.64. The highest BCUT2D eigenvalue weighted by atomic mass is 19.1. The molecular formula is C17H25F2N. The molecule has 0 aliphatic heterocycles. The molecule has 0 saturated heterocycles. The Balaban J connectivity index is 2.02. The molecule has 0 radical (unpaired) electrons. The van der Waals surface area contributed by atoms with Crippen LogP contribution >= 0.6 is 0 Å². The Kier molecular flexibility index (Phi) is 5.53. The van der Waals surface area contributed by atoms with Gasteiger partial charge in [0.25, 0.3) is 0 Å². The Morgan fingerprint density at radius 1 is 1.15 bits per heavy atom. The van der Waals surface area contributed by atoms with Crippen LogP contribution in [0, 0.1) is 24.5 Å². The molecule has 1 unspecified atom stereocenters. The van der Waals surface area contributed by atoms with Gasteiger partial charge >= 0.3 is 0 Å². The fourth-order valence-electron chi connectivity index (χ4n) is 3.28. The topological polar surface area (TPSA) is 12.0 Å². The van der Waals surface area contributed by atoms with E-state index in [1.807, 2.05) is 7.05 Å². The van der Waals surface area contributed by atoms with E-state index in [4.69, 9.17) is 0 Å². The zero-order valence-electron chi connectivity index (χ0n) is 12.5. The van der Waals surface area contributed by atoms with E-state index in [0.717, 1.165) is 24.8 Å². The van der Waals surface area contributed by atoms with Crippen LogP contribution in [0.1, 0.15) is 62.1 Å². The molecule has 0 spiro atoms. The fraction of sp³-hybridized carbons (Fsp3) is 0.647. The van der Waals surface area contributed by atoms with E-state index >= 15 is 0 Å². The molecule has 0 bridgehead atoms. The predicted molar refractivity (Wildman–Crippen MR) is 78.7 cm³/mol. The zero-order valence-corrected chi connectivity index (χ0v) is 12.5. The van der Waals surface area contributed by atoms with E-state index in [-0.39, 0.29) is 6.04 Å². The van der Waals surface area contributed by atoms with Gasteiger partial charge in [0.1, 0.15) is 11.6 Å². The second-order valence-corrected chi connectivity index (χ2v) is 6.05. The minimum Gasteiger partial charge on any atom is -0.313 e. The van der Waals surface area contributed by atoms with Crippen LogP contribution in [0.25, 0.3) is 0 Å². The van der Waals surface area contributed by atoms with Gasteiger partial charge in [-0.1, -0.05) is 32.1 Å². The van der Waals surface area contributed by atoms with Gasteiger partial charge in [-0.05, 0) is 44.4 Å². The third-order valence-electron chi connectivity index (χ3n) is 4.59. The van der Waals surface area contributed by atoms with Gasteiger partial charge in [-0.3, -0.25) is 0 Å². The Hall–Kier alpha value is -0.960. The molecule has 3 heteroatoms. The average molecular weight is 281 g/mol. The number of hydrogen-bond acceptors (Lipinski definition) is 1. The number of aryl methyl sites for hydroxylation is 1. The highest BCUT2D eigenvalue weighted by Crippen LogP contribution is 2.31. The van der Waals surface area contributed by atoms with Crippen LogP contribution in [0.15, 0.2) is 12.1 Å². The molecule has 1 aromatic carbocycles. The third-order valence-corrected chi connectivity index (χ3v) is 4.59. The van der Waals surface area contributed by atoms with Gasteiger partial charge < -0.3 is 5.32 Å². The first kappa shape index (κ1) is 15.4. The largest absolute Gasteiger partial charge is 0.313 e. The highest BCUT2D eigenvalue weighted by molar-refractivity contribution is 5.28. The van der Waals surface area contributed by atoms with Crippen LogP contribution in [-0.2, 0) is 0 Å². The van der Waals surface area contributed by atoms with Crippen molar-refractivity contribution in [1.82, 2.24) is 5.32 Å². The maximum Gasteiger partial charge on any atom is 0.130 e. The molecule has 1 N–H and O–H groups in total. The lowest BCUT2D eigenvalue weighted by Crippen LogP contribution is -2.20. The Morgan fingerprint density at radius 3 is 2.50 bits per heavy atom. The van der Waals surface area contributed by atoms with Gasteiger partial charge in [0.15, 0.2) is 0 Å². The van der Waals surface area contributed by atoms with Crippen LogP contribution < -0.4 is 5.32 Å². The Morgan fingerprint density at radius 2 is 1.85 bits per heavy atom. The zero-order chi connectivity index (χ0) is 14.5. The SMILES string of the molecule is CNC(CCC1CCCCC1)c1cc(C)c(F)cc1F. The van der Waals surface area contributed by atoms with Crippen LogP contribution in [0.5, 0.6) is 0 Å². The van der Waals surface area contributed by atoms with Crippen LogP contribution in [0.3, 0.4) is 0 Å². The molecule has 0 aromatic heterocycles. The average Bonchev–Trinajstić information content (AvgIpc) is 2.46. The Labute approximate surface area is 120 Å². The lowest BCUT2D eigenvalue weighted by atomic mass is 9.84. The maximum absolute atomic E-state index is 14.0.